The first-order valence-corrected chi connectivity index (χ1v) is 17.2. The molecule has 0 unspecified atom stereocenters. The summed E-state index contributed by atoms with van der Waals surface area (Å²) >= 11 is 0. The molecule has 1 saturated heterocycles. The number of pyridine rings is 1. The number of carbonyl (C=O) groups excluding carboxylic acids is 8. The van der Waals surface area contributed by atoms with Gasteiger partial charge in [-0.25, -0.2) is 4.79 Å². The Labute approximate surface area is 309 Å². The molecule has 2 aliphatic heterocycles. The summed E-state index contributed by atoms with van der Waals surface area (Å²) in [7, 11) is 0. The van der Waals surface area contributed by atoms with Crippen molar-refractivity contribution in [3.63, 3.8) is 0 Å². The third-order valence-corrected chi connectivity index (χ3v) is 10.9. The summed E-state index contributed by atoms with van der Waals surface area (Å²) in [6, 6.07) is 2.88. The van der Waals surface area contributed by atoms with Crippen LogP contribution in [0.3, 0.4) is 0 Å². The van der Waals surface area contributed by atoms with Gasteiger partial charge in [0.05, 0.1) is 23.1 Å². The molecule has 12 atom stereocenters. The molecule has 0 aromatic carbocycles. The fourth-order valence-corrected chi connectivity index (χ4v) is 8.70. The molecule has 18 nitrogen and oxygen atoms in total. The highest BCUT2D eigenvalue weighted by Crippen LogP contribution is 2.69. The van der Waals surface area contributed by atoms with E-state index in [-0.39, 0.29) is 11.3 Å². The first-order valence-electron chi connectivity index (χ1n) is 17.2. The standard InChI is InChI=1S/C36H43NO17/c1-15-16(2)31(44)53-29-26(49-18(4)39)30(52-21(7)42)35(14-47-17(3)38)28(51-20(6)41)25(43)23-27(50-19(5)40)36(35,34(29,9)46)54-33(23,8)13-48-32(45)22-11-10-12-37-24(15)22/h10-12,15-16,23,26-30,46H,13-14H2,1-9H3/t15-,16-,23-,26+,27-,28-,29+,30+,33+,34+,35-,36+/m1/s1. The molecule has 1 aromatic rings. The van der Waals surface area contributed by atoms with E-state index in [2.05, 4.69) is 4.98 Å². The van der Waals surface area contributed by atoms with Crippen LogP contribution in [-0.2, 0) is 71.5 Å². The average Bonchev–Trinajstić information content (AvgIpc) is 3.30. The zero-order valence-corrected chi connectivity index (χ0v) is 31.2. The van der Waals surface area contributed by atoms with Crippen molar-refractivity contribution in [2.45, 2.75) is 116 Å². The molecule has 5 rings (SSSR count). The lowest BCUT2D eigenvalue weighted by atomic mass is 9.45. The summed E-state index contributed by atoms with van der Waals surface area (Å²) in [5, 5.41) is 13.2. The highest BCUT2D eigenvalue weighted by Gasteiger charge is 2.91. The lowest BCUT2D eigenvalue weighted by Crippen LogP contribution is -2.88. The van der Waals surface area contributed by atoms with Gasteiger partial charge in [-0.2, -0.15) is 0 Å². The Morgan fingerprint density at radius 3 is 2.02 bits per heavy atom. The number of nitrogens with zero attached hydrogens (tertiary/aromatic N) is 1. The van der Waals surface area contributed by atoms with Crippen LogP contribution in [0, 0.1) is 17.3 Å². The molecule has 3 heterocycles. The molecule has 54 heavy (non-hydrogen) atoms. The summed E-state index contributed by atoms with van der Waals surface area (Å²) in [5.41, 5.74) is -10.2. The van der Waals surface area contributed by atoms with Crippen LogP contribution in [0.5, 0.6) is 0 Å². The molecular formula is C36H43NO17. The van der Waals surface area contributed by atoms with Gasteiger partial charge in [0, 0.05) is 46.7 Å². The van der Waals surface area contributed by atoms with Gasteiger partial charge in [0.1, 0.15) is 35.9 Å². The highest BCUT2D eigenvalue weighted by molar-refractivity contribution is 5.94. The number of hydrogen-bond acceptors (Lipinski definition) is 18. The quantitative estimate of drug-likeness (QED) is 0.309. The first kappa shape index (κ1) is 40.2. The second kappa shape index (κ2) is 14.0. The Morgan fingerprint density at radius 2 is 1.44 bits per heavy atom. The number of aliphatic hydroxyl groups is 1. The van der Waals surface area contributed by atoms with Gasteiger partial charge in [0.25, 0.3) is 0 Å². The third kappa shape index (κ3) is 6.08. The number of ketones is 1. The van der Waals surface area contributed by atoms with Crippen LogP contribution in [0.15, 0.2) is 18.3 Å². The first-order chi connectivity index (χ1) is 25.1. The Balaban J connectivity index is 1.97. The second-order valence-electron chi connectivity index (χ2n) is 14.6. The number of hydrogen-bond donors (Lipinski definition) is 1. The molecule has 2 aliphatic carbocycles. The van der Waals surface area contributed by atoms with Crippen molar-refractivity contribution in [3.8, 4) is 0 Å². The summed E-state index contributed by atoms with van der Waals surface area (Å²) in [6.45, 7) is 8.38. The number of carbonyl (C=O) groups is 8. The van der Waals surface area contributed by atoms with Gasteiger partial charge in [-0.15, -0.1) is 0 Å². The van der Waals surface area contributed by atoms with Crippen molar-refractivity contribution in [2.24, 2.45) is 17.3 Å². The SMILES string of the molecule is CC(=O)OC[C@]12[C@H](OC(C)=O)C(=O)[C@@H]3[C@@H](OC(C)=O)[C@@]14O[C@@]3(C)COC(=O)c1cccnc1[C@H](C)[C@@H](C)C(=O)O[C@@H]([C@H](OC(C)=O)[C@@H]2OC(C)=O)[C@]4(C)O. The average molecular weight is 762 g/mol. The fraction of sp³-hybridized carbons (Fsp3) is 0.639. The van der Waals surface area contributed by atoms with Crippen LogP contribution in [0.25, 0.3) is 0 Å². The number of esters is 7. The smallest absolute Gasteiger partial charge is 0.340 e. The lowest BCUT2D eigenvalue weighted by molar-refractivity contribution is -0.376. The van der Waals surface area contributed by atoms with Gasteiger partial charge < -0.3 is 43.0 Å². The largest absolute Gasteiger partial charge is 0.465 e. The number of cyclic esters (lactones) is 1. The summed E-state index contributed by atoms with van der Waals surface area (Å²) in [6.07, 6.45) is -9.01. The van der Waals surface area contributed by atoms with E-state index in [4.69, 9.17) is 37.9 Å². The van der Waals surface area contributed by atoms with E-state index in [1.165, 1.54) is 32.2 Å². The van der Waals surface area contributed by atoms with Crippen molar-refractivity contribution in [3.05, 3.63) is 29.6 Å². The van der Waals surface area contributed by atoms with E-state index >= 15 is 4.79 Å². The van der Waals surface area contributed by atoms with E-state index in [1.54, 1.807) is 6.92 Å². The van der Waals surface area contributed by atoms with Crippen molar-refractivity contribution in [2.75, 3.05) is 13.2 Å². The summed E-state index contributed by atoms with van der Waals surface area (Å²) in [4.78, 5) is 112. The maximum absolute atomic E-state index is 15.1. The predicted octanol–water partition coefficient (Wildman–Crippen LogP) is 0.671. The zero-order valence-electron chi connectivity index (χ0n) is 31.2. The molecule has 4 aliphatic rings. The number of fused-ring (bicyclic) bond motifs is 5. The van der Waals surface area contributed by atoms with Gasteiger partial charge in [-0.3, -0.25) is 38.5 Å². The van der Waals surface area contributed by atoms with Crippen LogP contribution >= 0.6 is 0 Å². The maximum Gasteiger partial charge on any atom is 0.340 e. The number of ether oxygens (including phenoxy) is 8. The minimum absolute atomic E-state index is 0.0470. The normalized spacial score (nSPS) is 38.4. The van der Waals surface area contributed by atoms with Gasteiger partial charge in [0.2, 0.25) is 0 Å². The molecule has 2 saturated carbocycles. The van der Waals surface area contributed by atoms with Crippen LogP contribution in [0.1, 0.15) is 84.3 Å². The van der Waals surface area contributed by atoms with Crippen LogP contribution in [-0.4, -0.2) is 118 Å². The molecule has 0 amide bonds. The lowest BCUT2D eigenvalue weighted by Gasteiger charge is -2.66. The minimum Gasteiger partial charge on any atom is -0.465 e. The van der Waals surface area contributed by atoms with Crippen molar-refractivity contribution >= 4 is 47.6 Å². The zero-order chi connectivity index (χ0) is 40.3. The molecule has 1 aromatic heterocycles. The minimum atomic E-state index is -2.82. The fourth-order valence-electron chi connectivity index (χ4n) is 8.70. The van der Waals surface area contributed by atoms with E-state index in [9.17, 15) is 38.7 Å². The Bertz CT molecular complexity index is 1790. The molecule has 3 fully saturated rings. The monoisotopic (exact) mass is 761 g/mol. The molecular weight excluding hydrogens is 718 g/mol. The molecule has 0 radical (unpaired) electrons. The predicted molar refractivity (Wildman–Crippen MR) is 175 cm³/mol. The van der Waals surface area contributed by atoms with E-state index in [0.717, 1.165) is 41.5 Å². The van der Waals surface area contributed by atoms with E-state index in [0.29, 0.717) is 0 Å². The molecule has 18 heteroatoms. The topological polar surface area (TPSA) is 244 Å². The Morgan fingerprint density at radius 1 is 0.852 bits per heavy atom. The van der Waals surface area contributed by atoms with Crippen LogP contribution in [0.2, 0.25) is 0 Å². The van der Waals surface area contributed by atoms with Crippen molar-refractivity contribution < 1.29 is 81.4 Å². The third-order valence-electron chi connectivity index (χ3n) is 10.9. The highest BCUT2D eigenvalue weighted by atomic mass is 16.7. The number of rotatable bonds is 6. The van der Waals surface area contributed by atoms with Crippen LogP contribution < -0.4 is 0 Å². The Kier molecular flexibility index (Phi) is 10.4. The van der Waals surface area contributed by atoms with Gasteiger partial charge in [0.15, 0.2) is 35.8 Å². The van der Waals surface area contributed by atoms with Crippen molar-refractivity contribution in [1.29, 1.82) is 0 Å². The van der Waals surface area contributed by atoms with Crippen LogP contribution in [0.4, 0.5) is 0 Å². The molecule has 1 N–H and O–H groups in total. The summed E-state index contributed by atoms with van der Waals surface area (Å²) in [5.74, 6) is -12.0. The maximum atomic E-state index is 15.1. The van der Waals surface area contributed by atoms with E-state index < -0.39 is 131 Å². The molecule has 4 bridgehead atoms. The molecule has 294 valence electrons. The summed E-state index contributed by atoms with van der Waals surface area (Å²) < 4.78 is 47.3. The Hall–Kier alpha value is -4.97. The van der Waals surface area contributed by atoms with E-state index in [1.807, 2.05) is 0 Å². The molecule has 1 spiro atoms. The van der Waals surface area contributed by atoms with Crippen molar-refractivity contribution in [1.82, 2.24) is 4.98 Å². The van der Waals surface area contributed by atoms with Gasteiger partial charge in [-0.1, -0.05) is 13.8 Å². The number of Topliss-reactive ketones (excluding diaryl/α,β-unsaturated/α-hetero) is 1. The number of aromatic nitrogens is 1. The second-order valence-corrected chi connectivity index (χ2v) is 14.6. The van der Waals surface area contributed by atoms with Gasteiger partial charge >= 0.3 is 41.8 Å². The van der Waals surface area contributed by atoms with Gasteiger partial charge in [-0.05, 0) is 26.0 Å².